The van der Waals surface area contributed by atoms with E-state index in [0.717, 1.165) is 21.9 Å². The summed E-state index contributed by atoms with van der Waals surface area (Å²) in [6.45, 7) is 0.929. The molecule has 0 fully saturated rings. The summed E-state index contributed by atoms with van der Waals surface area (Å²) in [6, 6.07) is 7.86. The Morgan fingerprint density at radius 2 is 2.00 bits per heavy atom. The topological polar surface area (TPSA) is 143 Å². The van der Waals surface area contributed by atoms with E-state index < -0.39 is 5.92 Å². The first-order valence-electron chi connectivity index (χ1n) is 10.4. The van der Waals surface area contributed by atoms with Gasteiger partial charge in [0, 0.05) is 43.4 Å². The third kappa shape index (κ3) is 5.36. The van der Waals surface area contributed by atoms with E-state index in [-0.39, 0.29) is 31.5 Å². The Kier molecular flexibility index (Phi) is 7.61. The number of nitrogens with two attached hydrogens (primary N) is 1. The fourth-order valence-corrected chi connectivity index (χ4v) is 4.76. The SMILES string of the molecule is Nc1nc(SCCNC(=O)CC(CO)CO)nc(-c2c(Cl)cc3c4c(cccc24)COC3)n1. The Labute approximate surface area is 199 Å². The van der Waals surface area contributed by atoms with Crippen LogP contribution in [0.1, 0.15) is 17.5 Å². The van der Waals surface area contributed by atoms with Crippen LogP contribution >= 0.6 is 23.4 Å². The Morgan fingerprint density at radius 1 is 1.21 bits per heavy atom. The molecule has 1 aliphatic heterocycles. The van der Waals surface area contributed by atoms with Crippen LogP contribution in [0.2, 0.25) is 5.02 Å². The Balaban J connectivity index is 1.52. The highest BCUT2D eigenvalue weighted by atomic mass is 35.5. The minimum atomic E-state index is -0.457. The van der Waals surface area contributed by atoms with Gasteiger partial charge in [0.05, 0.1) is 18.2 Å². The summed E-state index contributed by atoms with van der Waals surface area (Å²) in [5.41, 5.74) is 8.78. The molecule has 2 heterocycles. The van der Waals surface area contributed by atoms with Crippen LogP contribution in [-0.2, 0) is 22.7 Å². The smallest absolute Gasteiger partial charge is 0.224 e. The van der Waals surface area contributed by atoms with E-state index in [1.54, 1.807) is 0 Å². The number of aliphatic hydroxyl groups excluding tert-OH is 2. The molecule has 174 valence electrons. The maximum absolute atomic E-state index is 11.9. The zero-order valence-electron chi connectivity index (χ0n) is 17.8. The van der Waals surface area contributed by atoms with Crippen LogP contribution in [-0.4, -0.2) is 56.6 Å². The minimum absolute atomic E-state index is 0.0646. The fourth-order valence-electron chi connectivity index (χ4n) is 3.75. The molecule has 1 aromatic heterocycles. The van der Waals surface area contributed by atoms with Gasteiger partial charge in [0.25, 0.3) is 0 Å². The molecule has 1 aliphatic rings. The predicted octanol–water partition coefficient (Wildman–Crippen LogP) is 2.16. The maximum atomic E-state index is 11.9. The van der Waals surface area contributed by atoms with Crippen LogP contribution in [0.3, 0.4) is 0 Å². The van der Waals surface area contributed by atoms with Crippen molar-refractivity contribution in [2.45, 2.75) is 24.8 Å². The molecule has 0 aliphatic carbocycles. The van der Waals surface area contributed by atoms with Gasteiger partial charge in [-0.2, -0.15) is 9.97 Å². The summed E-state index contributed by atoms with van der Waals surface area (Å²) in [5.74, 6) is 0.288. The average molecular weight is 490 g/mol. The molecule has 3 aromatic rings. The molecule has 2 aromatic carbocycles. The van der Waals surface area contributed by atoms with Gasteiger partial charge in [-0.05, 0) is 28.0 Å². The number of amides is 1. The third-order valence-corrected chi connectivity index (χ3v) is 6.44. The van der Waals surface area contributed by atoms with Crippen molar-refractivity contribution in [2.24, 2.45) is 5.92 Å². The van der Waals surface area contributed by atoms with E-state index >= 15 is 0 Å². The molecule has 0 saturated heterocycles. The number of thioether (sulfide) groups is 1. The van der Waals surface area contributed by atoms with E-state index in [0.29, 0.717) is 47.1 Å². The second kappa shape index (κ2) is 10.6. The highest BCUT2D eigenvalue weighted by Crippen LogP contribution is 2.39. The van der Waals surface area contributed by atoms with Crippen LogP contribution in [0.15, 0.2) is 29.4 Å². The number of ether oxygens (including phenoxy) is 1. The molecule has 0 unspecified atom stereocenters. The largest absolute Gasteiger partial charge is 0.396 e. The fraction of sp³-hybridized carbons (Fsp3) is 0.364. The second-order valence-corrected chi connectivity index (χ2v) is 9.13. The molecule has 9 nitrogen and oxygen atoms in total. The first-order valence-corrected chi connectivity index (χ1v) is 11.8. The number of halogens is 1. The number of benzene rings is 2. The normalized spacial score (nSPS) is 13.0. The number of rotatable bonds is 9. The summed E-state index contributed by atoms with van der Waals surface area (Å²) in [4.78, 5) is 25.0. The lowest BCUT2D eigenvalue weighted by molar-refractivity contribution is -0.122. The van der Waals surface area contributed by atoms with Crippen molar-refractivity contribution in [3.05, 3.63) is 40.4 Å². The molecule has 11 heteroatoms. The number of nitrogens with one attached hydrogen (secondary N) is 1. The summed E-state index contributed by atoms with van der Waals surface area (Å²) in [5, 5.41) is 23.9. The summed E-state index contributed by atoms with van der Waals surface area (Å²) in [7, 11) is 0. The monoisotopic (exact) mass is 489 g/mol. The number of aromatic nitrogens is 3. The van der Waals surface area contributed by atoms with Crippen LogP contribution in [0.4, 0.5) is 5.95 Å². The average Bonchev–Trinajstić information content (AvgIpc) is 2.80. The number of hydrogen-bond acceptors (Lipinski definition) is 9. The zero-order valence-corrected chi connectivity index (χ0v) is 19.3. The van der Waals surface area contributed by atoms with Gasteiger partial charge in [0.2, 0.25) is 11.9 Å². The van der Waals surface area contributed by atoms with Crippen molar-refractivity contribution in [3.8, 4) is 11.4 Å². The molecule has 5 N–H and O–H groups in total. The summed E-state index contributed by atoms with van der Waals surface area (Å²) >= 11 is 7.97. The molecule has 0 radical (unpaired) electrons. The van der Waals surface area contributed by atoms with E-state index in [1.807, 2.05) is 24.3 Å². The third-order valence-electron chi connectivity index (χ3n) is 5.30. The number of nitrogens with zero attached hydrogens (tertiary/aromatic N) is 3. The summed E-state index contributed by atoms with van der Waals surface area (Å²) in [6.07, 6.45) is 0.0646. The van der Waals surface area contributed by atoms with Gasteiger partial charge in [-0.15, -0.1) is 0 Å². The van der Waals surface area contributed by atoms with E-state index in [1.165, 1.54) is 11.8 Å². The van der Waals surface area contributed by atoms with E-state index in [9.17, 15) is 4.79 Å². The summed E-state index contributed by atoms with van der Waals surface area (Å²) < 4.78 is 5.65. The van der Waals surface area contributed by atoms with E-state index in [2.05, 4.69) is 20.3 Å². The van der Waals surface area contributed by atoms with Crippen LogP contribution in [0, 0.1) is 5.92 Å². The van der Waals surface area contributed by atoms with Gasteiger partial charge in [-0.1, -0.05) is 41.6 Å². The Bertz CT molecular complexity index is 1180. The second-order valence-electron chi connectivity index (χ2n) is 7.66. The van der Waals surface area contributed by atoms with Crippen molar-refractivity contribution in [1.82, 2.24) is 20.3 Å². The molecule has 0 bridgehead atoms. The number of aliphatic hydroxyl groups is 2. The molecular formula is C22H24ClN5O4S. The number of carbonyl (C=O) groups excluding carboxylic acids is 1. The number of carbonyl (C=O) groups is 1. The van der Waals surface area contributed by atoms with Gasteiger partial charge < -0.3 is 26.0 Å². The first-order chi connectivity index (χ1) is 16.0. The molecular weight excluding hydrogens is 466 g/mol. The lowest BCUT2D eigenvalue weighted by Gasteiger charge is -2.20. The molecule has 0 saturated carbocycles. The quantitative estimate of drug-likeness (QED) is 0.262. The van der Waals surface area contributed by atoms with Crippen molar-refractivity contribution in [2.75, 3.05) is 31.2 Å². The van der Waals surface area contributed by atoms with Gasteiger partial charge in [0.15, 0.2) is 11.0 Å². The van der Waals surface area contributed by atoms with Crippen molar-refractivity contribution < 1.29 is 19.7 Å². The molecule has 1 amide bonds. The highest BCUT2D eigenvalue weighted by molar-refractivity contribution is 7.99. The number of anilines is 1. The lowest BCUT2D eigenvalue weighted by atomic mass is 9.94. The minimum Gasteiger partial charge on any atom is -0.396 e. The van der Waals surface area contributed by atoms with Crippen molar-refractivity contribution in [3.63, 3.8) is 0 Å². The predicted molar refractivity (Wildman–Crippen MR) is 127 cm³/mol. The first kappa shape index (κ1) is 23.7. The lowest BCUT2D eigenvalue weighted by Crippen LogP contribution is -2.29. The molecule has 0 spiro atoms. The van der Waals surface area contributed by atoms with Crippen LogP contribution in [0.25, 0.3) is 22.2 Å². The van der Waals surface area contributed by atoms with Gasteiger partial charge in [-0.25, -0.2) is 4.98 Å². The number of hydrogen-bond donors (Lipinski definition) is 4. The van der Waals surface area contributed by atoms with Gasteiger partial charge in [0.1, 0.15) is 0 Å². The van der Waals surface area contributed by atoms with Crippen molar-refractivity contribution >= 4 is 46.0 Å². The zero-order chi connectivity index (χ0) is 23.4. The Hall–Kier alpha value is -2.50. The standard InChI is InChI=1S/C22H24ClN5O4S/c23-16-7-14-11-32-10-13-2-1-3-15(18(13)14)19(16)20-26-21(24)28-22(27-20)33-5-4-25-17(31)6-12(8-29)9-30/h1-3,7,12,29-30H,4-6,8-11H2,(H,25,31)(H2,24,26,27,28). The van der Waals surface area contributed by atoms with Crippen LogP contribution in [0.5, 0.6) is 0 Å². The highest BCUT2D eigenvalue weighted by Gasteiger charge is 2.21. The van der Waals surface area contributed by atoms with Crippen molar-refractivity contribution in [1.29, 1.82) is 0 Å². The number of nitrogen functional groups attached to an aromatic ring is 1. The molecule has 4 rings (SSSR count). The Morgan fingerprint density at radius 3 is 2.79 bits per heavy atom. The van der Waals surface area contributed by atoms with Gasteiger partial charge in [-0.3, -0.25) is 4.79 Å². The molecule has 33 heavy (non-hydrogen) atoms. The van der Waals surface area contributed by atoms with Crippen LogP contribution < -0.4 is 11.1 Å². The molecule has 0 atom stereocenters. The van der Waals surface area contributed by atoms with Gasteiger partial charge >= 0.3 is 0 Å². The maximum Gasteiger partial charge on any atom is 0.224 e. The van der Waals surface area contributed by atoms with E-state index in [4.69, 9.17) is 32.3 Å².